The average Bonchev–Trinajstić information content (AvgIpc) is 3.06. The van der Waals surface area contributed by atoms with Crippen LogP contribution in [-0.4, -0.2) is 13.3 Å². The number of thiazole rings is 1. The number of aromatic nitrogens is 1. The Morgan fingerprint density at radius 1 is 0.857 bits per heavy atom. The number of rotatable bonds is 4. The summed E-state index contributed by atoms with van der Waals surface area (Å²) in [5, 5.41) is 3.02. The lowest BCUT2D eigenvalue weighted by Crippen LogP contribution is -2.68. The second kappa shape index (κ2) is 7.07. The van der Waals surface area contributed by atoms with Crippen LogP contribution in [0.3, 0.4) is 0 Å². The Balaban J connectivity index is 1.93. The molecular weight excluding hydrogens is 380 g/mol. The van der Waals surface area contributed by atoms with Gasteiger partial charge in [0.05, 0.1) is 10.2 Å². The lowest BCUT2D eigenvalue weighted by atomic mass is 10.2. The minimum atomic E-state index is -2.63. The molecule has 0 radical (unpaired) electrons. The molecule has 0 atom stereocenters. The van der Waals surface area contributed by atoms with Gasteiger partial charge in [-0.15, -0.1) is 0 Å². The Morgan fingerprint density at radius 2 is 1.43 bits per heavy atom. The Bertz CT molecular complexity index is 1050. The van der Waals surface area contributed by atoms with Crippen LogP contribution >= 0.6 is 11.3 Å². The number of fused-ring (bicyclic) bond motifs is 1. The van der Waals surface area contributed by atoms with Gasteiger partial charge in [0.15, 0.2) is 5.13 Å². The molecule has 0 fully saturated rings. The summed E-state index contributed by atoms with van der Waals surface area (Å²) < 4.78 is 8.09. The summed E-state index contributed by atoms with van der Waals surface area (Å²) in [6, 6.07) is 27.4. The molecule has 0 saturated carbocycles. The molecule has 2 N–H and O–H groups in total. The molecule has 1 heterocycles. The first kappa shape index (κ1) is 18.7. The summed E-state index contributed by atoms with van der Waals surface area (Å²) in [5.41, 5.74) is 6.78. The van der Waals surface area contributed by atoms with Crippen LogP contribution < -0.4 is 20.5 Å². The molecule has 0 aliphatic rings. The van der Waals surface area contributed by atoms with Crippen LogP contribution in [0.1, 0.15) is 20.8 Å². The highest BCUT2D eigenvalue weighted by molar-refractivity contribution is 7.22. The minimum Gasteiger partial charge on any atom is -0.534 e. The molecule has 3 aromatic carbocycles. The van der Waals surface area contributed by atoms with Crippen LogP contribution in [0.4, 0.5) is 5.13 Å². The highest BCUT2D eigenvalue weighted by Gasteiger charge is 2.52. The molecule has 0 amide bonds. The van der Waals surface area contributed by atoms with E-state index in [9.17, 15) is 0 Å². The maximum atomic E-state index is 7.02. The summed E-state index contributed by atoms with van der Waals surface area (Å²) in [6.45, 7) is 6.83. The van der Waals surface area contributed by atoms with Crippen molar-refractivity contribution in [3.63, 3.8) is 0 Å². The van der Waals surface area contributed by atoms with Crippen molar-refractivity contribution in [3.05, 3.63) is 78.9 Å². The van der Waals surface area contributed by atoms with Gasteiger partial charge in [-0.3, -0.25) is 0 Å². The summed E-state index contributed by atoms with van der Waals surface area (Å²) in [7, 11) is -2.63. The fraction of sp³-hybridized carbons (Fsp3) is 0.174. The molecule has 4 rings (SSSR count). The molecule has 3 nitrogen and oxygen atoms in total. The van der Waals surface area contributed by atoms with Crippen LogP contribution in [-0.2, 0) is 0 Å². The topological polar surface area (TPSA) is 48.1 Å². The Morgan fingerprint density at radius 3 is 1.96 bits per heavy atom. The van der Waals surface area contributed by atoms with Crippen LogP contribution in [0.15, 0.2) is 78.9 Å². The van der Waals surface area contributed by atoms with E-state index in [1.807, 2.05) is 12.1 Å². The standard InChI is InChI=1S/C23H24N2OSSi/c1-23(2,3)28(18-10-6-4-7-11-18,19-12-8-5-9-13-19)26-17-14-15-21-20(16-17)25-22(24)27-21/h4-16H,1-3H3,(H2,24,25). The van der Waals surface area contributed by atoms with E-state index >= 15 is 0 Å². The predicted octanol–water partition coefficient (Wildman–Crippen LogP) is 4.82. The van der Waals surface area contributed by atoms with Gasteiger partial charge in [0.1, 0.15) is 5.75 Å². The number of nitrogen functional groups attached to an aromatic ring is 1. The largest absolute Gasteiger partial charge is 0.534 e. The van der Waals surface area contributed by atoms with Gasteiger partial charge in [0.2, 0.25) is 0 Å². The number of nitrogens with two attached hydrogens (primary N) is 1. The van der Waals surface area contributed by atoms with E-state index in [1.165, 1.54) is 21.7 Å². The Labute approximate surface area is 171 Å². The monoisotopic (exact) mass is 404 g/mol. The van der Waals surface area contributed by atoms with Gasteiger partial charge in [-0.2, -0.15) is 0 Å². The van der Waals surface area contributed by atoms with Crippen LogP contribution in [0.5, 0.6) is 5.75 Å². The quantitative estimate of drug-likeness (QED) is 0.496. The lowest BCUT2D eigenvalue weighted by molar-refractivity contribution is 0.509. The Hall–Kier alpha value is -2.63. The second-order valence-electron chi connectivity index (χ2n) is 7.95. The van der Waals surface area contributed by atoms with Crippen molar-refractivity contribution in [3.8, 4) is 5.75 Å². The zero-order chi connectivity index (χ0) is 19.8. The van der Waals surface area contributed by atoms with E-state index in [1.54, 1.807) is 0 Å². The van der Waals surface area contributed by atoms with Crippen molar-refractivity contribution in [2.24, 2.45) is 0 Å². The van der Waals surface area contributed by atoms with Gasteiger partial charge < -0.3 is 10.2 Å². The molecule has 142 valence electrons. The number of hydrogen-bond donors (Lipinski definition) is 1. The van der Waals surface area contributed by atoms with E-state index in [-0.39, 0.29) is 5.04 Å². The molecule has 28 heavy (non-hydrogen) atoms. The number of nitrogens with zero attached hydrogens (tertiary/aromatic N) is 1. The average molecular weight is 405 g/mol. The third kappa shape index (κ3) is 3.21. The molecule has 0 bridgehead atoms. The highest BCUT2D eigenvalue weighted by Crippen LogP contribution is 2.38. The summed E-state index contributed by atoms with van der Waals surface area (Å²) in [6.07, 6.45) is 0. The van der Waals surface area contributed by atoms with E-state index in [0.717, 1.165) is 16.0 Å². The molecular formula is C23H24N2OSSi. The number of hydrogen-bond acceptors (Lipinski definition) is 4. The maximum Gasteiger partial charge on any atom is 0.319 e. The summed E-state index contributed by atoms with van der Waals surface area (Å²) in [5.74, 6) is 0.840. The Kier molecular flexibility index (Phi) is 4.73. The van der Waals surface area contributed by atoms with Crippen molar-refractivity contribution < 1.29 is 4.43 Å². The van der Waals surface area contributed by atoms with Crippen molar-refractivity contribution >= 4 is 45.4 Å². The van der Waals surface area contributed by atoms with Crippen molar-refractivity contribution in [1.82, 2.24) is 4.98 Å². The maximum absolute atomic E-state index is 7.02. The zero-order valence-electron chi connectivity index (χ0n) is 16.3. The molecule has 0 aliphatic heterocycles. The number of benzene rings is 3. The van der Waals surface area contributed by atoms with Crippen LogP contribution in [0.25, 0.3) is 10.2 Å². The molecule has 0 aliphatic carbocycles. The van der Waals surface area contributed by atoms with Crippen molar-refractivity contribution in [1.29, 1.82) is 0 Å². The van der Waals surface area contributed by atoms with Crippen LogP contribution in [0.2, 0.25) is 5.04 Å². The van der Waals surface area contributed by atoms with E-state index < -0.39 is 8.32 Å². The smallest absolute Gasteiger partial charge is 0.319 e. The fourth-order valence-electron chi connectivity index (χ4n) is 3.81. The van der Waals surface area contributed by atoms with E-state index in [4.69, 9.17) is 10.2 Å². The van der Waals surface area contributed by atoms with Gasteiger partial charge in [0, 0.05) is 6.07 Å². The minimum absolute atomic E-state index is 0.0776. The van der Waals surface area contributed by atoms with Gasteiger partial charge in [-0.1, -0.05) is 92.8 Å². The van der Waals surface area contributed by atoms with Gasteiger partial charge >= 0.3 is 8.32 Å². The first-order valence-electron chi connectivity index (χ1n) is 9.36. The molecule has 5 heteroatoms. The van der Waals surface area contributed by atoms with Gasteiger partial charge in [-0.05, 0) is 27.5 Å². The number of anilines is 1. The first-order chi connectivity index (χ1) is 13.4. The third-order valence-electron chi connectivity index (χ3n) is 5.06. The van der Waals surface area contributed by atoms with Crippen LogP contribution in [0, 0.1) is 0 Å². The summed E-state index contributed by atoms with van der Waals surface area (Å²) >= 11 is 1.50. The predicted molar refractivity (Wildman–Crippen MR) is 122 cm³/mol. The molecule has 4 aromatic rings. The molecule has 0 unspecified atom stereocenters. The second-order valence-corrected chi connectivity index (χ2v) is 13.2. The lowest BCUT2D eigenvalue weighted by Gasteiger charge is -2.43. The highest BCUT2D eigenvalue weighted by atomic mass is 32.1. The van der Waals surface area contributed by atoms with Gasteiger partial charge in [-0.25, -0.2) is 4.98 Å². The molecule has 0 spiro atoms. The van der Waals surface area contributed by atoms with Crippen molar-refractivity contribution in [2.45, 2.75) is 25.8 Å². The zero-order valence-corrected chi connectivity index (χ0v) is 18.2. The normalized spacial score (nSPS) is 12.2. The molecule has 1 aromatic heterocycles. The first-order valence-corrected chi connectivity index (χ1v) is 12.1. The fourth-order valence-corrected chi connectivity index (χ4v) is 8.94. The molecule has 0 saturated heterocycles. The van der Waals surface area contributed by atoms with Crippen molar-refractivity contribution in [2.75, 3.05) is 5.73 Å². The SMILES string of the molecule is CC(C)(C)[Si](Oc1ccc2sc(N)nc2c1)(c1ccccc1)c1ccccc1. The van der Waals surface area contributed by atoms with Gasteiger partial charge in [0.25, 0.3) is 0 Å². The summed E-state index contributed by atoms with van der Waals surface area (Å²) in [4.78, 5) is 4.44. The van der Waals surface area contributed by atoms with E-state index in [0.29, 0.717) is 5.13 Å². The third-order valence-corrected chi connectivity index (χ3v) is 10.9. The van der Waals surface area contributed by atoms with E-state index in [2.05, 4.69) is 92.5 Å².